The van der Waals surface area contributed by atoms with Crippen LogP contribution in [0.4, 0.5) is 4.39 Å². The van der Waals surface area contributed by atoms with Crippen molar-refractivity contribution in [3.8, 4) is 0 Å². The summed E-state index contributed by atoms with van der Waals surface area (Å²) in [4.78, 5) is 0. The fourth-order valence-electron chi connectivity index (χ4n) is 1.56. The number of rotatable bonds is 5. The molecule has 0 aliphatic rings. The van der Waals surface area contributed by atoms with Gasteiger partial charge >= 0.3 is 0 Å². The summed E-state index contributed by atoms with van der Waals surface area (Å²) in [6.07, 6.45) is 1.82. The summed E-state index contributed by atoms with van der Waals surface area (Å²) >= 11 is 5.69. The molecule has 1 aromatic carbocycles. The fraction of sp³-hybridized carbons (Fsp3) is 0.500. The van der Waals surface area contributed by atoms with E-state index in [1.165, 1.54) is 6.07 Å². The summed E-state index contributed by atoms with van der Waals surface area (Å²) in [6.45, 7) is 3.10. The minimum absolute atomic E-state index is 0.196. The standard InChI is InChI=1S/C12H17ClFN/c1-9(5-6-15-2)7-10-3-4-11(13)8-12(10)14/h3-4,8-9,15H,5-7H2,1-2H3. The summed E-state index contributed by atoms with van der Waals surface area (Å²) in [6, 6.07) is 4.89. The van der Waals surface area contributed by atoms with Crippen molar-refractivity contribution in [1.82, 2.24) is 5.32 Å². The molecule has 0 amide bonds. The highest BCUT2D eigenvalue weighted by molar-refractivity contribution is 6.30. The van der Waals surface area contributed by atoms with Gasteiger partial charge in [0.2, 0.25) is 0 Å². The molecule has 1 rings (SSSR count). The average Bonchev–Trinajstić information content (AvgIpc) is 2.19. The van der Waals surface area contributed by atoms with E-state index in [1.54, 1.807) is 12.1 Å². The first-order valence-electron chi connectivity index (χ1n) is 5.22. The first-order chi connectivity index (χ1) is 7.13. The molecule has 0 spiro atoms. The Hall–Kier alpha value is -0.600. The molecule has 0 fully saturated rings. The maximum atomic E-state index is 13.4. The Morgan fingerprint density at radius 3 is 2.80 bits per heavy atom. The lowest BCUT2D eigenvalue weighted by Gasteiger charge is -2.11. The first-order valence-corrected chi connectivity index (χ1v) is 5.59. The van der Waals surface area contributed by atoms with Gasteiger partial charge in [0.1, 0.15) is 5.82 Å². The Kier molecular flexibility index (Phi) is 5.06. The molecule has 1 N–H and O–H groups in total. The Labute approximate surface area is 95.6 Å². The molecule has 84 valence electrons. The van der Waals surface area contributed by atoms with Crippen molar-refractivity contribution in [3.05, 3.63) is 34.6 Å². The van der Waals surface area contributed by atoms with Crippen molar-refractivity contribution >= 4 is 11.6 Å². The van der Waals surface area contributed by atoms with Crippen LogP contribution in [0, 0.1) is 11.7 Å². The maximum Gasteiger partial charge on any atom is 0.127 e. The van der Waals surface area contributed by atoms with Gasteiger partial charge in [-0.15, -0.1) is 0 Å². The molecular weight excluding hydrogens is 213 g/mol. The predicted molar refractivity (Wildman–Crippen MR) is 62.8 cm³/mol. The van der Waals surface area contributed by atoms with Crippen molar-refractivity contribution in [2.24, 2.45) is 5.92 Å². The second-order valence-corrected chi connectivity index (χ2v) is 4.37. The molecule has 0 heterocycles. The highest BCUT2D eigenvalue weighted by atomic mass is 35.5. The average molecular weight is 230 g/mol. The van der Waals surface area contributed by atoms with E-state index in [0.29, 0.717) is 10.9 Å². The van der Waals surface area contributed by atoms with Gasteiger partial charge in [0.25, 0.3) is 0 Å². The number of halogens is 2. The van der Waals surface area contributed by atoms with E-state index in [9.17, 15) is 4.39 Å². The van der Waals surface area contributed by atoms with Gasteiger partial charge in [-0.1, -0.05) is 24.6 Å². The van der Waals surface area contributed by atoms with Crippen LogP contribution in [-0.4, -0.2) is 13.6 Å². The number of hydrogen-bond acceptors (Lipinski definition) is 1. The van der Waals surface area contributed by atoms with Gasteiger partial charge in [0.05, 0.1) is 0 Å². The molecule has 1 nitrogen and oxygen atoms in total. The van der Waals surface area contributed by atoms with E-state index in [1.807, 2.05) is 7.05 Å². The van der Waals surface area contributed by atoms with E-state index in [2.05, 4.69) is 12.2 Å². The van der Waals surface area contributed by atoms with Gasteiger partial charge in [-0.3, -0.25) is 0 Å². The second-order valence-electron chi connectivity index (χ2n) is 3.94. The molecule has 1 atom stereocenters. The van der Waals surface area contributed by atoms with Crippen LogP contribution in [0.5, 0.6) is 0 Å². The lowest BCUT2D eigenvalue weighted by atomic mass is 9.98. The smallest absolute Gasteiger partial charge is 0.127 e. The molecule has 1 unspecified atom stereocenters. The highest BCUT2D eigenvalue weighted by Crippen LogP contribution is 2.18. The third-order valence-electron chi connectivity index (χ3n) is 2.47. The molecule has 0 saturated carbocycles. The van der Waals surface area contributed by atoms with E-state index in [-0.39, 0.29) is 5.82 Å². The number of benzene rings is 1. The van der Waals surface area contributed by atoms with Gasteiger partial charge in [0, 0.05) is 5.02 Å². The van der Waals surface area contributed by atoms with Gasteiger partial charge in [0.15, 0.2) is 0 Å². The van der Waals surface area contributed by atoms with Crippen LogP contribution in [0.15, 0.2) is 18.2 Å². The third-order valence-corrected chi connectivity index (χ3v) is 2.71. The SMILES string of the molecule is CNCCC(C)Cc1ccc(Cl)cc1F. The quantitative estimate of drug-likeness (QED) is 0.817. The van der Waals surface area contributed by atoms with Gasteiger partial charge in [-0.25, -0.2) is 4.39 Å². The van der Waals surface area contributed by atoms with E-state index >= 15 is 0 Å². The summed E-state index contributed by atoms with van der Waals surface area (Å²) in [7, 11) is 1.93. The lowest BCUT2D eigenvalue weighted by Crippen LogP contribution is -2.13. The summed E-state index contributed by atoms with van der Waals surface area (Å²) < 4.78 is 13.4. The topological polar surface area (TPSA) is 12.0 Å². The van der Waals surface area contributed by atoms with Crippen molar-refractivity contribution in [2.75, 3.05) is 13.6 Å². The van der Waals surface area contributed by atoms with Crippen LogP contribution in [0.1, 0.15) is 18.9 Å². The molecule has 0 saturated heterocycles. The van der Waals surface area contributed by atoms with Crippen molar-refractivity contribution in [2.45, 2.75) is 19.8 Å². The molecule has 0 radical (unpaired) electrons. The minimum atomic E-state index is -0.196. The molecule has 15 heavy (non-hydrogen) atoms. The van der Waals surface area contributed by atoms with E-state index in [0.717, 1.165) is 24.9 Å². The number of nitrogens with one attached hydrogen (secondary N) is 1. The molecule has 3 heteroatoms. The summed E-state index contributed by atoms with van der Waals surface area (Å²) in [5.41, 5.74) is 0.753. The predicted octanol–water partition coefficient (Wildman–Crippen LogP) is 3.27. The van der Waals surface area contributed by atoms with Crippen LogP contribution in [0.2, 0.25) is 5.02 Å². The van der Waals surface area contributed by atoms with E-state index < -0.39 is 0 Å². The largest absolute Gasteiger partial charge is 0.320 e. The Morgan fingerprint density at radius 2 is 2.20 bits per heavy atom. The fourth-order valence-corrected chi connectivity index (χ4v) is 1.71. The summed E-state index contributed by atoms with van der Waals surface area (Å²) in [5.74, 6) is 0.284. The molecule has 0 aliphatic carbocycles. The second kappa shape index (κ2) is 6.09. The maximum absolute atomic E-state index is 13.4. The first kappa shape index (κ1) is 12.5. The highest BCUT2D eigenvalue weighted by Gasteiger charge is 2.07. The zero-order valence-corrected chi connectivity index (χ0v) is 9.94. The van der Waals surface area contributed by atoms with Gasteiger partial charge < -0.3 is 5.32 Å². The van der Waals surface area contributed by atoms with Crippen molar-refractivity contribution in [1.29, 1.82) is 0 Å². The molecular formula is C12H17ClFN. The Balaban J connectivity index is 2.56. The Morgan fingerprint density at radius 1 is 1.47 bits per heavy atom. The van der Waals surface area contributed by atoms with Crippen LogP contribution >= 0.6 is 11.6 Å². The molecule has 0 bridgehead atoms. The third kappa shape index (κ3) is 4.18. The molecule has 1 aromatic rings. The number of hydrogen-bond donors (Lipinski definition) is 1. The van der Waals surface area contributed by atoms with Crippen LogP contribution in [-0.2, 0) is 6.42 Å². The zero-order valence-electron chi connectivity index (χ0n) is 9.19. The normalized spacial score (nSPS) is 12.8. The minimum Gasteiger partial charge on any atom is -0.320 e. The van der Waals surface area contributed by atoms with E-state index in [4.69, 9.17) is 11.6 Å². The lowest BCUT2D eigenvalue weighted by molar-refractivity contribution is 0.499. The van der Waals surface area contributed by atoms with Crippen LogP contribution in [0.25, 0.3) is 0 Å². The van der Waals surface area contributed by atoms with Crippen LogP contribution in [0.3, 0.4) is 0 Å². The monoisotopic (exact) mass is 229 g/mol. The van der Waals surface area contributed by atoms with Crippen molar-refractivity contribution in [3.63, 3.8) is 0 Å². The molecule has 0 aromatic heterocycles. The van der Waals surface area contributed by atoms with Crippen LogP contribution < -0.4 is 5.32 Å². The van der Waals surface area contributed by atoms with Gasteiger partial charge in [-0.2, -0.15) is 0 Å². The van der Waals surface area contributed by atoms with Gasteiger partial charge in [-0.05, 0) is 50.0 Å². The zero-order chi connectivity index (χ0) is 11.3. The molecule has 0 aliphatic heterocycles. The van der Waals surface area contributed by atoms with Crippen molar-refractivity contribution < 1.29 is 4.39 Å². The summed E-state index contributed by atoms with van der Waals surface area (Å²) in [5, 5.41) is 3.55. The Bertz CT molecular complexity index is 314.